The van der Waals surface area contributed by atoms with Crippen molar-refractivity contribution in [2.75, 3.05) is 47.0 Å². The van der Waals surface area contributed by atoms with E-state index in [0.717, 1.165) is 96.4 Å². The maximum absolute atomic E-state index is 12.9. The van der Waals surface area contributed by atoms with Crippen LogP contribution < -0.4 is 14.2 Å². The van der Waals surface area contributed by atoms with Gasteiger partial charge in [-0.2, -0.15) is 13.2 Å². The molecule has 4 saturated carbocycles. The summed E-state index contributed by atoms with van der Waals surface area (Å²) < 4.78 is 55.6. The molecule has 6 nitrogen and oxygen atoms in total. The number of hydrogen-bond donors (Lipinski definition) is 0. The lowest BCUT2D eigenvalue weighted by Gasteiger charge is -2.40. The van der Waals surface area contributed by atoms with Crippen molar-refractivity contribution in [3.8, 4) is 28.4 Å². The Balaban J connectivity index is 0.000000158. The van der Waals surface area contributed by atoms with Crippen molar-refractivity contribution in [2.45, 2.75) is 107 Å². The van der Waals surface area contributed by atoms with Gasteiger partial charge in [-0.1, -0.05) is 61.4 Å². The highest BCUT2D eigenvalue weighted by molar-refractivity contribution is 5.97. The lowest BCUT2D eigenvalue weighted by molar-refractivity contribution is -0.137. The minimum Gasteiger partial charge on any atom is -0.497 e. The smallest absolute Gasteiger partial charge is 0.416 e. The van der Waals surface area contributed by atoms with Gasteiger partial charge in [0.25, 0.3) is 0 Å². The molecule has 2 aliphatic heterocycles. The third-order valence-electron chi connectivity index (χ3n) is 15.7. The first-order valence-corrected chi connectivity index (χ1v) is 23.4. The molecule has 4 aliphatic carbocycles. The van der Waals surface area contributed by atoms with E-state index >= 15 is 0 Å². The topological polar surface area (TPSA) is 51.2 Å². The average Bonchev–Trinajstić information content (AvgIpc) is 4.16. The number of benzene rings is 4. The predicted octanol–water partition coefficient (Wildman–Crippen LogP) is 12.1. The molecular formula is C53H63F3N2O4. The fourth-order valence-electron chi connectivity index (χ4n) is 12.5. The van der Waals surface area contributed by atoms with E-state index in [1.807, 2.05) is 42.5 Å². The largest absolute Gasteiger partial charge is 0.497 e. The van der Waals surface area contributed by atoms with Gasteiger partial charge in [-0.15, -0.1) is 0 Å². The minimum atomic E-state index is -4.31. The van der Waals surface area contributed by atoms with Crippen LogP contribution >= 0.6 is 0 Å². The molecular weight excluding hydrogens is 786 g/mol. The van der Waals surface area contributed by atoms with Crippen LogP contribution in [0.2, 0.25) is 0 Å². The van der Waals surface area contributed by atoms with Crippen LogP contribution in [-0.4, -0.2) is 74.7 Å². The van der Waals surface area contributed by atoms with Gasteiger partial charge >= 0.3 is 6.18 Å². The summed E-state index contributed by atoms with van der Waals surface area (Å²) in [4.78, 5) is 18.1. The highest BCUT2D eigenvalue weighted by atomic mass is 19.4. The average molecular weight is 849 g/mol. The molecule has 6 fully saturated rings. The Bertz CT molecular complexity index is 2140. The van der Waals surface area contributed by atoms with Crippen LogP contribution in [-0.2, 0) is 6.18 Å². The summed E-state index contributed by atoms with van der Waals surface area (Å²) >= 11 is 0. The van der Waals surface area contributed by atoms with Crippen LogP contribution in [0.15, 0.2) is 91.0 Å². The first kappa shape index (κ1) is 42.9. The molecule has 62 heavy (non-hydrogen) atoms. The van der Waals surface area contributed by atoms with Gasteiger partial charge in [0.1, 0.15) is 17.2 Å². The fraction of sp³-hybridized carbons (Fsp3) is 0.528. The van der Waals surface area contributed by atoms with Gasteiger partial charge in [0.05, 0.1) is 19.8 Å². The van der Waals surface area contributed by atoms with Crippen molar-refractivity contribution < 1.29 is 32.2 Å². The molecule has 2 heterocycles. The monoisotopic (exact) mass is 848 g/mol. The van der Waals surface area contributed by atoms with Crippen molar-refractivity contribution in [2.24, 2.45) is 23.7 Å². The fourth-order valence-corrected chi connectivity index (χ4v) is 12.5. The van der Waals surface area contributed by atoms with E-state index in [4.69, 9.17) is 14.2 Å². The zero-order valence-electron chi connectivity index (χ0n) is 36.5. The number of Topliss-reactive ketones (excluding diaryl/α,β-unsaturated/α-hetero) is 1. The van der Waals surface area contributed by atoms with E-state index < -0.39 is 11.7 Å². The van der Waals surface area contributed by atoms with Crippen molar-refractivity contribution in [3.63, 3.8) is 0 Å². The summed E-state index contributed by atoms with van der Waals surface area (Å²) in [5.41, 5.74) is 4.20. The Morgan fingerprint density at radius 1 is 0.597 bits per heavy atom. The number of piperidine rings is 2. The van der Waals surface area contributed by atoms with Gasteiger partial charge in [-0.25, -0.2) is 0 Å². The van der Waals surface area contributed by atoms with Gasteiger partial charge in [0, 0.05) is 17.6 Å². The van der Waals surface area contributed by atoms with Crippen LogP contribution in [0.25, 0.3) is 11.1 Å². The second-order valence-electron chi connectivity index (χ2n) is 19.1. The zero-order chi connectivity index (χ0) is 42.8. The number of ether oxygens (including phenoxy) is 3. The quantitative estimate of drug-likeness (QED) is 0.140. The summed E-state index contributed by atoms with van der Waals surface area (Å²) in [6.45, 7) is 4.69. The number of carbonyl (C=O) groups is 1. The molecule has 0 aromatic heterocycles. The number of alkyl halides is 3. The third-order valence-corrected chi connectivity index (χ3v) is 15.7. The molecule has 4 aromatic rings. The van der Waals surface area contributed by atoms with E-state index in [0.29, 0.717) is 23.1 Å². The Hall–Kier alpha value is -4.34. The van der Waals surface area contributed by atoms with Crippen LogP contribution in [0.4, 0.5) is 13.2 Å². The third kappa shape index (κ3) is 9.45. The van der Waals surface area contributed by atoms with Gasteiger partial charge < -0.3 is 24.0 Å². The van der Waals surface area contributed by atoms with Crippen molar-refractivity contribution >= 4 is 5.78 Å². The predicted molar refractivity (Wildman–Crippen MR) is 238 cm³/mol. The molecule has 4 aromatic carbocycles. The maximum atomic E-state index is 12.9. The van der Waals surface area contributed by atoms with Gasteiger partial charge in [-0.3, -0.25) is 4.79 Å². The standard InChI is InChI=1S/C27H33NO3.C26H30F3NO/c1-30-23-6-4-5-22(17-23)26(29)18-31-27-8-3-2-7-24(27)20-11-13-28(14-12-20)25-16-19-9-10-21(25)15-19;1-31-25-9-6-20(18-4-7-22(8-5-18)26(27,28)29)16-23(25)19-10-12-30(13-11-19)24-15-17-2-3-21(24)14-17/h2-8,17,19-21,25H,9-16,18H2,1H3;4-9,16-17,19,21,24H,2-3,10-15H2,1H3/t19-,21-,25-;17-,21-,24-/m00/s1. The molecule has 4 bridgehead atoms. The summed E-state index contributed by atoms with van der Waals surface area (Å²) in [6, 6.07) is 28.6. The van der Waals surface area contributed by atoms with E-state index in [9.17, 15) is 18.0 Å². The van der Waals surface area contributed by atoms with Crippen molar-refractivity contribution in [1.82, 2.24) is 9.80 Å². The van der Waals surface area contributed by atoms with E-state index in [-0.39, 0.29) is 12.4 Å². The number of likely N-dealkylation sites (tertiary alicyclic amines) is 2. The van der Waals surface area contributed by atoms with Gasteiger partial charge in [0.2, 0.25) is 0 Å². The second-order valence-corrected chi connectivity index (χ2v) is 19.1. The molecule has 6 atom stereocenters. The van der Waals surface area contributed by atoms with Crippen LogP contribution in [0.5, 0.6) is 17.2 Å². The van der Waals surface area contributed by atoms with Crippen LogP contribution in [0.3, 0.4) is 0 Å². The van der Waals surface area contributed by atoms with Crippen LogP contribution in [0, 0.1) is 23.7 Å². The molecule has 0 unspecified atom stereocenters. The summed E-state index contributed by atoms with van der Waals surface area (Å²) in [6.07, 6.45) is 11.8. The molecule has 330 valence electrons. The second kappa shape index (κ2) is 18.8. The van der Waals surface area contributed by atoms with Gasteiger partial charge in [0.15, 0.2) is 12.4 Å². The van der Waals surface area contributed by atoms with Crippen molar-refractivity contribution in [1.29, 1.82) is 0 Å². The minimum absolute atomic E-state index is 0.0280. The van der Waals surface area contributed by atoms with E-state index in [2.05, 4.69) is 28.0 Å². The number of nitrogens with zero attached hydrogens (tertiary/aromatic N) is 2. The summed E-state index contributed by atoms with van der Waals surface area (Å²) in [5.74, 6) is 7.19. The highest BCUT2D eigenvalue weighted by Crippen LogP contribution is 2.49. The molecule has 10 rings (SSSR count). The lowest BCUT2D eigenvalue weighted by atomic mass is 9.85. The molecule has 9 heteroatoms. The van der Waals surface area contributed by atoms with Gasteiger partial charge in [-0.05, 0) is 191 Å². The molecule has 0 amide bonds. The number of halogens is 3. The normalized spacial score (nSPS) is 26.6. The van der Waals surface area contributed by atoms with E-state index in [1.54, 1.807) is 32.4 Å². The Morgan fingerprint density at radius 3 is 1.74 bits per heavy atom. The number of carbonyl (C=O) groups excluding carboxylic acids is 1. The number of rotatable bonds is 11. The Morgan fingerprint density at radius 2 is 1.19 bits per heavy atom. The number of methoxy groups -OCH3 is 2. The maximum Gasteiger partial charge on any atom is 0.416 e. The number of hydrogen-bond acceptors (Lipinski definition) is 6. The van der Waals surface area contributed by atoms with E-state index in [1.165, 1.54) is 88.4 Å². The number of para-hydroxylation sites is 1. The first-order chi connectivity index (χ1) is 30.1. The molecule has 0 radical (unpaired) electrons. The summed E-state index contributed by atoms with van der Waals surface area (Å²) in [7, 11) is 3.31. The SMILES string of the molecule is COc1ccc(-c2ccc(C(F)(F)F)cc2)cc1C1CCN([C@H]2C[C@H]3CC[C@H]2C3)CC1.COc1cccc(C(=O)COc2ccccc2C2CCN([C@H]3C[C@H]4CC[C@H]3C4)CC2)c1. The molecule has 2 saturated heterocycles. The number of fused-ring (bicyclic) bond motifs is 4. The lowest BCUT2D eigenvalue weighted by Crippen LogP contribution is -2.43. The highest BCUT2D eigenvalue weighted by Gasteiger charge is 2.44. The van der Waals surface area contributed by atoms with Crippen LogP contribution in [0.1, 0.15) is 116 Å². The Labute approximate surface area is 366 Å². The van der Waals surface area contributed by atoms with Crippen molar-refractivity contribution in [3.05, 3.63) is 113 Å². The summed E-state index contributed by atoms with van der Waals surface area (Å²) in [5, 5.41) is 0. The molecule has 0 N–H and O–H groups in total. The Kier molecular flexibility index (Phi) is 13.0. The molecule has 6 aliphatic rings. The number of ketones is 1. The zero-order valence-corrected chi connectivity index (χ0v) is 36.5. The first-order valence-electron chi connectivity index (χ1n) is 23.4. The molecule has 0 spiro atoms.